The van der Waals surface area contributed by atoms with Crippen molar-refractivity contribution in [2.45, 2.75) is 6.10 Å². The van der Waals surface area contributed by atoms with Crippen molar-refractivity contribution in [2.24, 2.45) is 5.10 Å². The zero-order valence-corrected chi connectivity index (χ0v) is 13.9. The summed E-state index contributed by atoms with van der Waals surface area (Å²) in [6.45, 7) is 0. The minimum atomic E-state index is -1.26. The first-order valence-electron chi connectivity index (χ1n) is 8.11. The number of amides is 1. The summed E-state index contributed by atoms with van der Waals surface area (Å²) >= 11 is 0. The number of nitrogens with one attached hydrogen (secondary N) is 1. The van der Waals surface area contributed by atoms with Crippen LogP contribution in [0.5, 0.6) is 11.5 Å². The summed E-state index contributed by atoms with van der Waals surface area (Å²) < 4.78 is 5.75. The number of benzene rings is 3. The standard InChI is InChI=1S/C21H18N2O3/c24-20(17-9-3-1-4-10-17)21(25)23-22-15-16-8-7-13-19(14-16)26-18-11-5-2-6-12-18/h1-15,20,24H,(H,23,25). The third kappa shape index (κ3) is 4.78. The fourth-order valence-corrected chi connectivity index (χ4v) is 2.30. The first-order chi connectivity index (χ1) is 12.7. The second kappa shape index (κ2) is 8.60. The van der Waals surface area contributed by atoms with Gasteiger partial charge in [0, 0.05) is 0 Å². The fourth-order valence-electron chi connectivity index (χ4n) is 2.30. The van der Waals surface area contributed by atoms with Gasteiger partial charge in [-0.05, 0) is 35.4 Å². The average molecular weight is 346 g/mol. The van der Waals surface area contributed by atoms with Crippen molar-refractivity contribution in [1.29, 1.82) is 0 Å². The second-order valence-corrected chi connectivity index (χ2v) is 5.54. The van der Waals surface area contributed by atoms with Crippen molar-refractivity contribution in [3.05, 3.63) is 96.1 Å². The molecule has 2 N–H and O–H groups in total. The third-order valence-corrected chi connectivity index (χ3v) is 3.59. The summed E-state index contributed by atoms with van der Waals surface area (Å²) in [5.41, 5.74) is 3.61. The maximum Gasteiger partial charge on any atom is 0.273 e. The Morgan fingerprint density at radius 3 is 2.31 bits per heavy atom. The van der Waals surface area contributed by atoms with E-state index in [-0.39, 0.29) is 0 Å². The van der Waals surface area contributed by atoms with E-state index in [2.05, 4.69) is 10.5 Å². The third-order valence-electron chi connectivity index (χ3n) is 3.59. The minimum Gasteiger partial charge on any atom is -0.457 e. The van der Waals surface area contributed by atoms with Gasteiger partial charge in [0.2, 0.25) is 0 Å². The molecule has 0 spiro atoms. The molecular formula is C21H18N2O3. The quantitative estimate of drug-likeness (QED) is 0.528. The van der Waals surface area contributed by atoms with Crippen molar-refractivity contribution in [3.63, 3.8) is 0 Å². The maximum atomic E-state index is 11.9. The van der Waals surface area contributed by atoms with Gasteiger partial charge >= 0.3 is 0 Å². The number of para-hydroxylation sites is 1. The predicted octanol–water partition coefficient (Wildman–Crippen LogP) is 3.66. The number of carbonyl (C=O) groups is 1. The van der Waals surface area contributed by atoms with Gasteiger partial charge in [-0.25, -0.2) is 5.43 Å². The molecule has 0 aliphatic heterocycles. The highest BCUT2D eigenvalue weighted by Crippen LogP contribution is 2.21. The monoisotopic (exact) mass is 346 g/mol. The summed E-state index contributed by atoms with van der Waals surface area (Å²) in [7, 11) is 0. The summed E-state index contributed by atoms with van der Waals surface area (Å²) in [6, 6.07) is 25.4. The smallest absolute Gasteiger partial charge is 0.273 e. The van der Waals surface area contributed by atoms with E-state index in [1.54, 1.807) is 30.3 Å². The van der Waals surface area contributed by atoms with Gasteiger partial charge in [0.25, 0.3) is 5.91 Å². The van der Waals surface area contributed by atoms with Crippen molar-refractivity contribution in [3.8, 4) is 11.5 Å². The zero-order valence-electron chi connectivity index (χ0n) is 13.9. The predicted molar refractivity (Wildman–Crippen MR) is 100 cm³/mol. The molecule has 26 heavy (non-hydrogen) atoms. The van der Waals surface area contributed by atoms with Crippen LogP contribution < -0.4 is 10.2 Å². The Labute approximate surface area is 151 Å². The van der Waals surface area contributed by atoms with Crippen LogP contribution in [0, 0.1) is 0 Å². The Balaban J connectivity index is 1.60. The molecule has 3 aromatic rings. The molecule has 0 saturated heterocycles. The van der Waals surface area contributed by atoms with Gasteiger partial charge in [0.15, 0.2) is 6.10 Å². The van der Waals surface area contributed by atoms with E-state index in [1.165, 1.54) is 6.21 Å². The minimum absolute atomic E-state index is 0.512. The first-order valence-corrected chi connectivity index (χ1v) is 8.11. The number of hydrazone groups is 1. The maximum absolute atomic E-state index is 11.9. The van der Waals surface area contributed by atoms with Gasteiger partial charge < -0.3 is 9.84 Å². The van der Waals surface area contributed by atoms with E-state index in [1.807, 2.05) is 54.6 Å². The van der Waals surface area contributed by atoms with Crippen molar-refractivity contribution < 1.29 is 14.6 Å². The molecule has 3 rings (SSSR count). The largest absolute Gasteiger partial charge is 0.457 e. The number of ether oxygens (including phenoxy) is 1. The molecule has 0 radical (unpaired) electrons. The van der Waals surface area contributed by atoms with Crippen LogP contribution in [0.15, 0.2) is 90.0 Å². The van der Waals surface area contributed by atoms with Crippen LogP contribution in [0.3, 0.4) is 0 Å². The van der Waals surface area contributed by atoms with Gasteiger partial charge in [-0.15, -0.1) is 0 Å². The molecule has 1 amide bonds. The second-order valence-electron chi connectivity index (χ2n) is 5.54. The van der Waals surface area contributed by atoms with Gasteiger partial charge in [-0.1, -0.05) is 60.7 Å². The van der Waals surface area contributed by atoms with E-state index in [9.17, 15) is 9.90 Å². The SMILES string of the molecule is O=C(NN=Cc1cccc(Oc2ccccc2)c1)C(O)c1ccccc1. The Hall–Kier alpha value is -3.44. The number of nitrogens with zero attached hydrogens (tertiary/aromatic N) is 1. The summed E-state index contributed by atoms with van der Waals surface area (Å²) in [6.07, 6.45) is 0.231. The molecular weight excluding hydrogens is 328 g/mol. The molecule has 1 atom stereocenters. The van der Waals surface area contributed by atoms with Crippen LogP contribution in [-0.2, 0) is 4.79 Å². The van der Waals surface area contributed by atoms with E-state index < -0.39 is 12.0 Å². The highest BCUT2D eigenvalue weighted by Gasteiger charge is 2.15. The Kier molecular flexibility index (Phi) is 5.75. The molecule has 0 aromatic heterocycles. The van der Waals surface area contributed by atoms with Crippen molar-refractivity contribution in [1.82, 2.24) is 5.43 Å². The molecule has 0 aliphatic carbocycles. The van der Waals surface area contributed by atoms with Gasteiger partial charge in [-0.2, -0.15) is 5.10 Å². The van der Waals surface area contributed by atoms with Gasteiger partial charge in [0.1, 0.15) is 11.5 Å². The van der Waals surface area contributed by atoms with Crippen LogP contribution in [0.25, 0.3) is 0 Å². The molecule has 130 valence electrons. The Bertz CT molecular complexity index is 880. The number of hydrogen-bond donors (Lipinski definition) is 2. The Morgan fingerprint density at radius 2 is 1.58 bits per heavy atom. The molecule has 5 nitrogen and oxygen atoms in total. The van der Waals surface area contributed by atoms with Crippen LogP contribution >= 0.6 is 0 Å². The first kappa shape index (κ1) is 17.4. The molecule has 0 aliphatic rings. The number of aliphatic hydroxyl groups is 1. The van der Waals surface area contributed by atoms with Crippen molar-refractivity contribution >= 4 is 12.1 Å². The molecule has 3 aromatic carbocycles. The van der Waals surface area contributed by atoms with Crippen LogP contribution in [-0.4, -0.2) is 17.2 Å². The topological polar surface area (TPSA) is 70.9 Å². The lowest BCUT2D eigenvalue weighted by molar-refractivity contribution is -0.129. The molecule has 5 heteroatoms. The van der Waals surface area contributed by atoms with E-state index in [0.717, 1.165) is 11.3 Å². The molecule has 0 saturated carbocycles. The number of hydrogen-bond acceptors (Lipinski definition) is 4. The molecule has 1 unspecified atom stereocenters. The van der Waals surface area contributed by atoms with Gasteiger partial charge in [0.05, 0.1) is 6.21 Å². The Morgan fingerprint density at radius 1 is 0.923 bits per heavy atom. The van der Waals surface area contributed by atoms with Crippen LogP contribution in [0.1, 0.15) is 17.2 Å². The number of aliphatic hydroxyl groups excluding tert-OH is 1. The van der Waals surface area contributed by atoms with Crippen molar-refractivity contribution in [2.75, 3.05) is 0 Å². The summed E-state index contributed by atoms with van der Waals surface area (Å²) in [5.74, 6) is 0.806. The zero-order chi connectivity index (χ0) is 18.2. The van der Waals surface area contributed by atoms with Gasteiger partial charge in [-0.3, -0.25) is 4.79 Å². The van der Waals surface area contributed by atoms with E-state index >= 15 is 0 Å². The highest BCUT2D eigenvalue weighted by molar-refractivity contribution is 5.85. The molecule has 0 fully saturated rings. The lowest BCUT2D eigenvalue weighted by Crippen LogP contribution is -2.25. The molecule has 0 heterocycles. The average Bonchev–Trinajstić information content (AvgIpc) is 2.69. The lowest BCUT2D eigenvalue weighted by atomic mass is 10.1. The molecule has 0 bridgehead atoms. The summed E-state index contributed by atoms with van der Waals surface area (Å²) in [4.78, 5) is 11.9. The van der Waals surface area contributed by atoms with E-state index in [0.29, 0.717) is 11.3 Å². The highest BCUT2D eigenvalue weighted by atomic mass is 16.5. The van der Waals surface area contributed by atoms with E-state index in [4.69, 9.17) is 4.74 Å². The van der Waals surface area contributed by atoms with Crippen LogP contribution in [0.4, 0.5) is 0 Å². The number of carbonyl (C=O) groups excluding carboxylic acids is 1. The number of rotatable bonds is 6. The normalized spacial score (nSPS) is 11.9. The van der Waals surface area contributed by atoms with Crippen LogP contribution in [0.2, 0.25) is 0 Å². The lowest BCUT2D eigenvalue weighted by Gasteiger charge is -2.08. The summed E-state index contributed by atoms with van der Waals surface area (Å²) in [5, 5.41) is 13.9. The fraction of sp³-hybridized carbons (Fsp3) is 0.0476.